The van der Waals surface area contributed by atoms with E-state index in [0.29, 0.717) is 6.42 Å². The van der Waals surface area contributed by atoms with Gasteiger partial charge in [0.2, 0.25) is 5.91 Å². The number of likely N-dealkylation sites (tertiary alicyclic amines) is 1. The van der Waals surface area contributed by atoms with Crippen LogP contribution < -0.4 is 0 Å². The third-order valence-electron chi connectivity index (χ3n) is 2.27. The van der Waals surface area contributed by atoms with E-state index in [0.717, 1.165) is 13.1 Å². The molecule has 0 atom stereocenters. The van der Waals surface area contributed by atoms with E-state index in [1.165, 1.54) is 19.3 Å². The molecule has 72 valence electrons. The molecule has 1 aliphatic rings. The van der Waals surface area contributed by atoms with Crippen LogP contribution in [0.1, 0.15) is 32.6 Å². The number of carbonyl (C=O) groups is 1. The maximum absolute atomic E-state index is 11.5. The molecule has 0 unspecified atom stereocenters. The Morgan fingerprint density at radius 2 is 2.08 bits per heavy atom. The Morgan fingerprint density at radius 3 is 2.69 bits per heavy atom. The summed E-state index contributed by atoms with van der Waals surface area (Å²) in [6.07, 6.45) is 7.73. The van der Waals surface area contributed by atoms with Crippen molar-refractivity contribution < 1.29 is 4.79 Å². The van der Waals surface area contributed by atoms with Crippen molar-refractivity contribution in [1.82, 2.24) is 4.90 Å². The molecule has 0 aromatic rings. The molecule has 1 amide bonds. The van der Waals surface area contributed by atoms with Crippen LogP contribution in [0.25, 0.3) is 0 Å². The lowest BCUT2D eigenvalue weighted by Gasteiger charge is -2.26. The van der Waals surface area contributed by atoms with Gasteiger partial charge in [0, 0.05) is 13.1 Å². The SMILES string of the molecule is CC=C=CCC(=O)N1CCCCC1. The van der Waals surface area contributed by atoms with Crippen LogP contribution in [0.5, 0.6) is 0 Å². The number of piperidine rings is 1. The van der Waals surface area contributed by atoms with Gasteiger partial charge in [-0.2, -0.15) is 0 Å². The highest BCUT2D eigenvalue weighted by Gasteiger charge is 2.14. The summed E-state index contributed by atoms with van der Waals surface area (Å²) in [7, 11) is 0. The lowest BCUT2D eigenvalue weighted by Crippen LogP contribution is -2.35. The molecule has 0 aliphatic carbocycles. The first-order valence-corrected chi connectivity index (χ1v) is 4.98. The van der Waals surface area contributed by atoms with Gasteiger partial charge in [-0.1, -0.05) is 0 Å². The van der Waals surface area contributed by atoms with Gasteiger partial charge in [-0.05, 0) is 38.3 Å². The lowest BCUT2D eigenvalue weighted by molar-refractivity contribution is -0.131. The van der Waals surface area contributed by atoms with Crippen LogP contribution >= 0.6 is 0 Å². The van der Waals surface area contributed by atoms with Gasteiger partial charge in [0.15, 0.2) is 0 Å². The van der Waals surface area contributed by atoms with Crippen LogP contribution in [0.4, 0.5) is 0 Å². The Labute approximate surface area is 79.9 Å². The standard InChI is InChI=1S/C11H17NO/c1-2-3-5-8-11(13)12-9-6-4-7-10-12/h2,5H,4,6-10H2,1H3. The fourth-order valence-electron chi connectivity index (χ4n) is 1.54. The summed E-state index contributed by atoms with van der Waals surface area (Å²) < 4.78 is 0. The van der Waals surface area contributed by atoms with Crippen molar-refractivity contribution in [3.63, 3.8) is 0 Å². The summed E-state index contributed by atoms with van der Waals surface area (Å²) in [5, 5.41) is 0. The Balaban J connectivity index is 2.33. The molecule has 2 nitrogen and oxygen atoms in total. The molecule has 0 bridgehead atoms. The summed E-state index contributed by atoms with van der Waals surface area (Å²) in [4.78, 5) is 13.5. The van der Waals surface area contributed by atoms with Gasteiger partial charge in [-0.3, -0.25) is 4.79 Å². The Kier molecular flexibility index (Phi) is 4.34. The second-order valence-electron chi connectivity index (χ2n) is 3.31. The molecule has 1 fully saturated rings. The van der Waals surface area contributed by atoms with Crippen LogP contribution in [-0.2, 0) is 4.79 Å². The fourth-order valence-corrected chi connectivity index (χ4v) is 1.54. The summed E-state index contributed by atoms with van der Waals surface area (Å²) in [6.45, 7) is 3.80. The Hall–Kier alpha value is -1.01. The van der Waals surface area contributed by atoms with E-state index in [9.17, 15) is 4.79 Å². The molecule has 0 aromatic carbocycles. The zero-order valence-electron chi connectivity index (χ0n) is 8.25. The average Bonchev–Trinajstić information content (AvgIpc) is 2.19. The highest BCUT2D eigenvalue weighted by molar-refractivity contribution is 5.77. The van der Waals surface area contributed by atoms with Crippen LogP contribution in [0, 0.1) is 0 Å². The number of carbonyl (C=O) groups excluding carboxylic acids is 1. The molecular formula is C11H17NO. The van der Waals surface area contributed by atoms with Crippen LogP contribution in [0.15, 0.2) is 17.9 Å². The first-order valence-electron chi connectivity index (χ1n) is 4.98. The van der Waals surface area contributed by atoms with Crippen LogP contribution in [0.3, 0.4) is 0 Å². The van der Waals surface area contributed by atoms with Gasteiger partial charge in [-0.15, -0.1) is 5.73 Å². The largest absolute Gasteiger partial charge is 0.342 e. The first kappa shape index (κ1) is 10.1. The van der Waals surface area contributed by atoms with Gasteiger partial charge < -0.3 is 4.90 Å². The van der Waals surface area contributed by atoms with Crippen molar-refractivity contribution in [2.45, 2.75) is 32.6 Å². The van der Waals surface area contributed by atoms with E-state index in [-0.39, 0.29) is 5.91 Å². The van der Waals surface area contributed by atoms with Gasteiger partial charge >= 0.3 is 0 Å². The summed E-state index contributed by atoms with van der Waals surface area (Å²) >= 11 is 0. The highest BCUT2D eigenvalue weighted by Crippen LogP contribution is 2.09. The first-order chi connectivity index (χ1) is 6.34. The van der Waals surface area contributed by atoms with Gasteiger partial charge in [0.05, 0.1) is 6.42 Å². The third kappa shape index (κ3) is 3.47. The second-order valence-corrected chi connectivity index (χ2v) is 3.31. The molecule has 0 saturated carbocycles. The highest BCUT2D eigenvalue weighted by atomic mass is 16.2. The predicted octanol–water partition coefficient (Wildman–Crippen LogP) is 2.12. The minimum atomic E-state index is 0.244. The summed E-state index contributed by atoms with van der Waals surface area (Å²) in [5.41, 5.74) is 2.92. The Morgan fingerprint density at radius 1 is 1.38 bits per heavy atom. The van der Waals surface area contributed by atoms with Crippen molar-refractivity contribution in [2.75, 3.05) is 13.1 Å². The molecule has 1 saturated heterocycles. The van der Waals surface area contributed by atoms with Gasteiger partial charge in [-0.25, -0.2) is 0 Å². The summed E-state index contributed by atoms with van der Waals surface area (Å²) in [5.74, 6) is 0.244. The minimum absolute atomic E-state index is 0.244. The zero-order chi connectivity index (χ0) is 9.52. The maximum Gasteiger partial charge on any atom is 0.227 e. The van der Waals surface area contributed by atoms with E-state index in [1.807, 2.05) is 17.9 Å². The average molecular weight is 179 g/mol. The van der Waals surface area contributed by atoms with Crippen molar-refractivity contribution in [3.05, 3.63) is 17.9 Å². The minimum Gasteiger partial charge on any atom is -0.342 e. The smallest absolute Gasteiger partial charge is 0.227 e. The molecule has 1 heterocycles. The molecule has 2 heteroatoms. The Bertz CT molecular complexity index is 220. The molecular weight excluding hydrogens is 162 g/mol. The number of rotatable bonds is 2. The van der Waals surface area contributed by atoms with E-state index >= 15 is 0 Å². The molecule has 13 heavy (non-hydrogen) atoms. The molecule has 1 rings (SSSR count). The molecule has 0 spiro atoms. The van der Waals surface area contributed by atoms with Crippen LogP contribution in [-0.4, -0.2) is 23.9 Å². The van der Waals surface area contributed by atoms with Crippen molar-refractivity contribution >= 4 is 5.91 Å². The number of hydrogen-bond donors (Lipinski definition) is 0. The van der Waals surface area contributed by atoms with Crippen molar-refractivity contribution in [1.29, 1.82) is 0 Å². The van der Waals surface area contributed by atoms with Gasteiger partial charge in [0.25, 0.3) is 0 Å². The third-order valence-corrected chi connectivity index (χ3v) is 2.27. The maximum atomic E-state index is 11.5. The topological polar surface area (TPSA) is 20.3 Å². The van der Waals surface area contributed by atoms with E-state index < -0.39 is 0 Å². The quantitative estimate of drug-likeness (QED) is 0.595. The lowest BCUT2D eigenvalue weighted by atomic mass is 10.1. The van der Waals surface area contributed by atoms with E-state index in [1.54, 1.807) is 6.08 Å². The number of nitrogens with zero attached hydrogens (tertiary/aromatic N) is 1. The molecule has 0 aromatic heterocycles. The number of hydrogen-bond acceptors (Lipinski definition) is 1. The van der Waals surface area contributed by atoms with Crippen molar-refractivity contribution in [3.8, 4) is 0 Å². The van der Waals surface area contributed by atoms with Gasteiger partial charge in [0.1, 0.15) is 0 Å². The second kappa shape index (κ2) is 5.60. The summed E-state index contributed by atoms with van der Waals surface area (Å²) in [6, 6.07) is 0. The number of amides is 1. The zero-order valence-corrected chi connectivity index (χ0v) is 8.25. The van der Waals surface area contributed by atoms with Crippen molar-refractivity contribution in [2.24, 2.45) is 0 Å². The molecule has 0 radical (unpaired) electrons. The molecule has 1 aliphatic heterocycles. The normalized spacial score (nSPS) is 16.2. The van der Waals surface area contributed by atoms with E-state index in [2.05, 4.69) is 5.73 Å². The van der Waals surface area contributed by atoms with E-state index in [4.69, 9.17) is 0 Å². The molecule has 0 N–H and O–H groups in total. The van der Waals surface area contributed by atoms with Crippen LogP contribution in [0.2, 0.25) is 0 Å². The predicted molar refractivity (Wildman–Crippen MR) is 53.4 cm³/mol. The monoisotopic (exact) mass is 179 g/mol. The fraction of sp³-hybridized carbons (Fsp3) is 0.636.